The second-order valence-corrected chi connectivity index (χ2v) is 7.49. The monoisotopic (exact) mass is 266 g/mol. The smallest absolute Gasteiger partial charge is 0.227 e. The number of hydrogen-bond donors (Lipinski definition) is 1. The van der Waals surface area contributed by atoms with Crippen LogP contribution in [0.15, 0.2) is 0 Å². The van der Waals surface area contributed by atoms with Crippen LogP contribution in [0.1, 0.15) is 59.8 Å². The highest BCUT2D eigenvalue weighted by atomic mass is 16.2. The Kier molecular flexibility index (Phi) is 3.97. The fraction of sp³-hybridized carbons (Fsp3) is 0.938. The largest absolute Gasteiger partial charge is 0.338 e. The van der Waals surface area contributed by atoms with Gasteiger partial charge < -0.3 is 10.6 Å². The van der Waals surface area contributed by atoms with Crippen LogP contribution < -0.4 is 5.73 Å². The topological polar surface area (TPSA) is 46.3 Å². The maximum Gasteiger partial charge on any atom is 0.227 e. The average molecular weight is 266 g/mol. The molecule has 0 saturated heterocycles. The molecule has 0 radical (unpaired) electrons. The summed E-state index contributed by atoms with van der Waals surface area (Å²) in [5, 5.41) is 0. The van der Waals surface area contributed by atoms with Crippen LogP contribution in [-0.2, 0) is 4.79 Å². The summed E-state index contributed by atoms with van der Waals surface area (Å²) < 4.78 is 0. The minimum absolute atomic E-state index is 0.131. The van der Waals surface area contributed by atoms with Crippen LogP contribution in [0.4, 0.5) is 0 Å². The number of hydrogen-bond acceptors (Lipinski definition) is 2. The maximum atomic E-state index is 12.9. The van der Waals surface area contributed by atoms with Gasteiger partial charge >= 0.3 is 0 Å². The molecule has 1 amide bonds. The molecule has 3 nitrogen and oxygen atoms in total. The number of nitrogens with zero attached hydrogens (tertiary/aromatic N) is 1. The molecule has 2 aliphatic carbocycles. The quantitative estimate of drug-likeness (QED) is 0.850. The van der Waals surface area contributed by atoms with E-state index >= 15 is 0 Å². The molecule has 0 aromatic rings. The van der Waals surface area contributed by atoms with Crippen molar-refractivity contribution in [2.75, 3.05) is 13.1 Å². The van der Waals surface area contributed by atoms with E-state index in [-0.39, 0.29) is 16.7 Å². The van der Waals surface area contributed by atoms with E-state index in [1.165, 1.54) is 32.1 Å². The van der Waals surface area contributed by atoms with Crippen LogP contribution in [0, 0.1) is 16.7 Å². The summed E-state index contributed by atoms with van der Waals surface area (Å²) in [4.78, 5) is 15.0. The van der Waals surface area contributed by atoms with E-state index in [1.54, 1.807) is 0 Å². The first-order valence-corrected chi connectivity index (χ1v) is 7.84. The van der Waals surface area contributed by atoms with Gasteiger partial charge in [-0.15, -0.1) is 0 Å². The molecule has 0 heterocycles. The molecule has 2 fully saturated rings. The van der Waals surface area contributed by atoms with Crippen LogP contribution in [0.5, 0.6) is 0 Å². The highest BCUT2D eigenvalue weighted by Gasteiger charge is 2.69. The molecular weight excluding hydrogens is 236 g/mol. The molecule has 0 atom stereocenters. The van der Waals surface area contributed by atoms with Gasteiger partial charge in [0.2, 0.25) is 5.91 Å². The van der Waals surface area contributed by atoms with Crippen LogP contribution in [-0.4, -0.2) is 29.9 Å². The van der Waals surface area contributed by atoms with Crippen molar-refractivity contribution in [2.24, 2.45) is 22.5 Å². The second kappa shape index (κ2) is 5.08. The van der Waals surface area contributed by atoms with Crippen LogP contribution in [0.3, 0.4) is 0 Å². The van der Waals surface area contributed by atoms with Crippen molar-refractivity contribution in [2.45, 2.75) is 65.8 Å². The van der Waals surface area contributed by atoms with Gasteiger partial charge in [-0.25, -0.2) is 0 Å². The third-order valence-electron chi connectivity index (χ3n) is 5.94. The van der Waals surface area contributed by atoms with Crippen LogP contribution in [0.2, 0.25) is 0 Å². The zero-order valence-corrected chi connectivity index (χ0v) is 13.0. The van der Waals surface area contributed by atoms with Gasteiger partial charge in [0.25, 0.3) is 0 Å². The van der Waals surface area contributed by atoms with Gasteiger partial charge in [-0.1, -0.05) is 47.0 Å². The summed E-state index contributed by atoms with van der Waals surface area (Å²) in [7, 11) is 0. The summed E-state index contributed by atoms with van der Waals surface area (Å²) in [6, 6.07) is 0.442. The van der Waals surface area contributed by atoms with Crippen molar-refractivity contribution in [1.29, 1.82) is 0 Å². The number of amides is 1. The standard InChI is InChI=1S/C16H30N2O/c1-15(2)13(16(15,3)4)14(19)18(11-10-17)12-8-6-5-7-9-12/h12-13H,5-11,17H2,1-4H3. The Morgan fingerprint density at radius 2 is 1.63 bits per heavy atom. The molecule has 0 spiro atoms. The van der Waals surface area contributed by atoms with E-state index in [0.29, 0.717) is 18.5 Å². The van der Waals surface area contributed by atoms with Gasteiger partial charge in [0.1, 0.15) is 0 Å². The van der Waals surface area contributed by atoms with E-state index < -0.39 is 0 Å². The second-order valence-electron chi connectivity index (χ2n) is 7.49. The Hall–Kier alpha value is -0.570. The number of carbonyl (C=O) groups excluding carboxylic acids is 1. The van der Waals surface area contributed by atoms with Gasteiger partial charge in [0.05, 0.1) is 0 Å². The third kappa shape index (κ3) is 2.42. The highest BCUT2D eigenvalue weighted by Crippen LogP contribution is 2.68. The lowest BCUT2D eigenvalue weighted by molar-refractivity contribution is -0.136. The van der Waals surface area contributed by atoms with Crippen molar-refractivity contribution in [3.05, 3.63) is 0 Å². The zero-order valence-electron chi connectivity index (χ0n) is 13.0. The first-order chi connectivity index (χ1) is 8.84. The predicted molar refractivity (Wildman–Crippen MR) is 78.7 cm³/mol. The van der Waals surface area contributed by atoms with Gasteiger partial charge in [0.15, 0.2) is 0 Å². The van der Waals surface area contributed by atoms with Crippen molar-refractivity contribution in [1.82, 2.24) is 4.90 Å². The summed E-state index contributed by atoms with van der Waals surface area (Å²) in [6.45, 7) is 10.2. The van der Waals surface area contributed by atoms with Crippen LogP contribution in [0.25, 0.3) is 0 Å². The van der Waals surface area contributed by atoms with E-state index in [2.05, 4.69) is 32.6 Å². The van der Waals surface area contributed by atoms with Crippen LogP contribution >= 0.6 is 0 Å². The summed E-state index contributed by atoms with van der Waals surface area (Å²) in [6.07, 6.45) is 6.17. The molecule has 0 unspecified atom stereocenters. The first-order valence-electron chi connectivity index (χ1n) is 7.84. The molecule has 2 saturated carbocycles. The lowest BCUT2D eigenvalue weighted by Crippen LogP contribution is -2.45. The predicted octanol–water partition coefficient (Wildman–Crippen LogP) is 2.79. The van der Waals surface area contributed by atoms with E-state index in [1.807, 2.05) is 0 Å². The lowest BCUT2D eigenvalue weighted by Gasteiger charge is -2.35. The van der Waals surface area contributed by atoms with Crippen molar-refractivity contribution >= 4 is 5.91 Å². The molecule has 2 rings (SSSR count). The lowest BCUT2D eigenvalue weighted by atomic mass is 9.93. The molecule has 0 bridgehead atoms. The molecule has 19 heavy (non-hydrogen) atoms. The Balaban J connectivity index is 2.09. The number of rotatable bonds is 4. The van der Waals surface area contributed by atoms with Crippen molar-refractivity contribution in [3.63, 3.8) is 0 Å². The fourth-order valence-corrected chi connectivity index (χ4v) is 3.98. The molecule has 3 heteroatoms. The Bertz CT molecular complexity index is 329. The first kappa shape index (κ1) is 14.8. The zero-order chi connectivity index (χ0) is 14.3. The van der Waals surface area contributed by atoms with Crippen molar-refractivity contribution < 1.29 is 4.79 Å². The molecular formula is C16H30N2O. The maximum absolute atomic E-state index is 12.9. The summed E-state index contributed by atoms with van der Waals surface area (Å²) >= 11 is 0. The van der Waals surface area contributed by atoms with Gasteiger partial charge in [-0.2, -0.15) is 0 Å². The third-order valence-corrected chi connectivity index (χ3v) is 5.94. The molecule has 2 N–H and O–H groups in total. The molecule has 0 aromatic carbocycles. The Labute approximate surface area is 117 Å². The highest BCUT2D eigenvalue weighted by molar-refractivity contribution is 5.84. The fourth-order valence-electron chi connectivity index (χ4n) is 3.98. The van der Waals surface area contributed by atoms with E-state index in [9.17, 15) is 4.79 Å². The SMILES string of the molecule is CC1(C)C(C(=O)N(CCN)C2CCCCC2)C1(C)C. The van der Waals surface area contributed by atoms with Gasteiger partial charge in [0, 0.05) is 25.0 Å². The number of nitrogens with two attached hydrogens (primary N) is 1. The number of carbonyl (C=O) groups is 1. The molecule has 2 aliphatic rings. The normalized spacial score (nSPS) is 26.2. The van der Waals surface area contributed by atoms with Gasteiger partial charge in [-0.05, 0) is 23.7 Å². The minimum Gasteiger partial charge on any atom is -0.338 e. The Morgan fingerprint density at radius 1 is 1.11 bits per heavy atom. The summed E-state index contributed by atoms with van der Waals surface area (Å²) in [5.41, 5.74) is 6.00. The molecule has 0 aliphatic heterocycles. The van der Waals surface area contributed by atoms with E-state index in [4.69, 9.17) is 5.73 Å². The Morgan fingerprint density at radius 3 is 2.05 bits per heavy atom. The van der Waals surface area contributed by atoms with E-state index in [0.717, 1.165) is 6.54 Å². The minimum atomic E-state index is 0.131. The summed E-state index contributed by atoms with van der Waals surface area (Å²) in [5.74, 6) is 0.529. The molecule has 110 valence electrons. The average Bonchev–Trinajstić information content (AvgIpc) is 2.77. The molecule has 0 aromatic heterocycles. The van der Waals surface area contributed by atoms with Crippen molar-refractivity contribution in [3.8, 4) is 0 Å². The van der Waals surface area contributed by atoms with Gasteiger partial charge in [-0.3, -0.25) is 4.79 Å².